The average Bonchev–Trinajstić information content (AvgIpc) is 2.51. The second-order valence-electron chi connectivity index (χ2n) is 4.52. The fraction of sp³-hybridized carbons (Fsp3) is 0. The molecular weight excluding hydrogens is 344 g/mol. The molecule has 0 aliphatic carbocycles. The Balaban J connectivity index is 2.48. The minimum absolute atomic E-state index is 0.314. The molecule has 0 spiro atoms. The van der Waals surface area contributed by atoms with Crippen LogP contribution >= 0.6 is 0 Å². The first kappa shape index (κ1) is 17.1. The summed E-state index contributed by atoms with van der Waals surface area (Å²) in [6.07, 6.45) is 0. The van der Waals surface area contributed by atoms with E-state index < -0.39 is 49.8 Å². The highest BCUT2D eigenvalue weighted by molar-refractivity contribution is 7.87. The van der Waals surface area contributed by atoms with Gasteiger partial charge in [0.25, 0.3) is 0 Å². The lowest BCUT2D eigenvalue weighted by Gasteiger charge is -2.10. The van der Waals surface area contributed by atoms with Gasteiger partial charge in [-0.3, -0.25) is 0 Å². The van der Waals surface area contributed by atoms with Gasteiger partial charge in [-0.25, -0.2) is 9.59 Å². The van der Waals surface area contributed by atoms with Crippen LogP contribution in [0.1, 0.15) is 20.7 Å². The smallest absolute Gasteiger partial charge is 0.339 e. The van der Waals surface area contributed by atoms with Crippen LogP contribution in [0.3, 0.4) is 0 Å². The summed E-state index contributed by atoms with van der Waals surface area (Å²) in [5, 5.41) is 36.8. The van der Waals surface area contributed by atoms with Crippen LogP contribution in [0.15, 0.2) is 41.3 Å². The number of phenols is 2. The molecule has 2 aromatic carbocycles. The first-order valence-corrected chi connectivity index (χ1v) is 7.60. The van der Waals surface area contributed by atoms with Crippen molar-refractivity contribution < 1.29 is 42.6 Å². The molecule has 0 aromatic heterocycles. The quantitative estimate of drug-likeness (QED) is 0.458. The second kappa shape index (κ2) is 6.08. The maximum absolute atomic E-state index is 12.2. The van der Waals surface area contributed by atoms with Gasteiger partial charge in [0.1, 0.15) is 4.90 Å². The van der Waals surface area contributed by atoms with Gasteiger partial charge in [-0.2, -0.15) is 8.42 Å². The topological polar surface area (TPSA) is 158 Å². The van der Waals surface area contributed by atoms with Gasteiger partial charge in [-0.15, -0.1) is 0 Å². The third kappa shape index (κ3) is 3.38. The molecule has 9 nitrogen and oxygen atoms in total. The van der Waals surface area contributed by atoms with E-state index >= 15 is 0 Å². The van der Waals surface area contributed by atoms with Crippen molar-refractivity contribution in [3.05, 3.63) is 47.5 Å². The standard InChI is InChI=1S/C14H10O9S/c15-10-5-8(14(19)20)6-11(12(10)16)23-24(21,22)9-3-1-2-7(4-9)13(17)18/h1-6,15-16H,(H,17,18)(H,19,20). The van der Waals surface area contributed by atoms with Gasteiger partial charge < -0.3 is 24.6 Å². The van der Waals surface area contributed by atoms with E-state index in [2.05, 4.69) is 4.18 Å². The fourth-order valence-electron chi connectivity index (χ4n) is 1.73. The molecule has 2 aromatic rings. The van der Waals surface area contributed by atoms with Crippen molar-refractivity contribution in [2.75, 3.05) is 0 Å². The highest BCUT2D eigenvalue weighted by Crippen LogP contribution is 2.38. The number of benzene rings is 2. The largest absolute Gasteiger partial charge is 0.504 e. The van der Waals surface area contributed by atoms with E-state index in [0.717, 1.165) is 18.2 Å². The van der Waals surface area contributed by atoms with E-state index in [1.165, 1.54) is 6.07 Å². The number of carboxylic acids is 2. The molecule has 2 rings (SSSR count). The number of phenolic OH excluding ortho intramolecular Hbond substituents is 2. The predicted octanol–water partition coefficient (Wildman–Crippen LogP) is 1.26. The van der Waals surface area contributed by atoms with Crippen molar-refractivity contribution in [3.8, 4) is 17.2 Å². The van der Waals surface area contributed by atoms with Crippen molar-refractivity contribution in [3.63, 3.8) is 0 Å². The molecule has 0 fully saturated rings. The molecule has 0 unspecified atom stereocenters. The van der Waals surface area contributed by atoms with Crippen LogP contribution in [-0.4, -0.2) is 40.8 Å². The summed E-state index contributed by atoms with van der Waals surface area (Å²) in [4.78, 5) is 21.3. The third-order valence-electron chi connectivity index (χ3n) is 2.87. The summed E-state index contributed by atoms with van der Waals surface area (Å²) >= 11 is 0. The Bertz CT molecular complexity index is 931. The Labute approximate surface area is 135 Å². The Morgan fingerprint density at radius 3 is 2.12 bits per heavy atom. The Hall–Kier alpha value is -3.27. The first-order chi connectivity index (χ1) is 11.1. The second-order valence-corrected chi connectivity index (χ2v) is 6.06. The first-order valence-electron chi connectivity index (χ1n) is 6.19. The molecule has 24 heavy (non-hydrogen) atoms. The molecule has 10 heteroatoms. The molecule has 0 amide bonds. The summed E-state index contributed by atoms with van der Waals surface area (Å²) in [6, 6.07) is 5.63. The highest BCUT2D eigenvalue weighted by atomic mass is 32.2. The molecule has 0 saturated carbocycles. The van der Waals surface area contributed by atoms with E-state index in [0.29, 0.717) is 12.1 Å². The van der Waals surface area contributed by atoms with Gasteiger partial charge >= 0.3 is 22.1 Å². The number of hydrogen-bond donors (Lipinski definition) is 4. The van der Waals surface area contributed by atoms with Crippen LogP contribution in [0.5, 0.6) is 17.2 Å². The maximum Gasteiger partial charge on any atom is 0.339 e. The maximum atomic E-state index is 12.2. The number of carboxylic acid groups (broad SMARTS) is 2. The van der Waals surface area contributed by atoms with Crippen molar-refractivity contribution >= 4 is 22.1 Å². The van der Waals surface area contributed by atoms with Gasteiger partial charge in [0.15, 0.2) is 11.5 Å². The lowest BCUT2D eigenvalue weighted by atomic mass is 10.2. The number of hydrogen-bond acceptors (Lipinski definition) is 7. The molecule has 0 saturated heterocycles. The van der Waals surface area contributed by atoms with E-state index in [9.17, 15) is 28.2 Å². The van der Waals surface area contributed by atoms with Crippen LogP contribution in [0.2, 0.25) is 0 Å². The number of aromatic hydroxyl groups is 2. The number of rotatable bonds is 5. The molecule has 0 heterocycles. The van der Waals surface area contributed by atoms with Crippen LogP contribution in [0, 0.1) is 0 Å². The molecule has 4 N–H and O–H groups in total. The van der Waals surface area contributed by atoms with E-state index in [1.807, 2.05) is 0 Å². The molecule has 0 radical (unpaired) electrons. The minimum Gasteiger partial charge on any atom is -0.504 e. The highest BCUT2D eigenvalue weighted by Gasteiger charge is 2.23. The van der Waals surface area contributed by atoms with Crippen molar-refractivity contribution in [1.82, 2.24) is 0 Å². The van der Waals surface area contributed by atoms with Gasteiger partial charge in [0.05, 0.1) is 11.1 Å². The van der Waals surface area contributed by atoms with E-state index in [1.54, 1.807) is 0 Å². The van der Waals surface area contributed by atoms with Crippen molar-refractivity contribution in [2.45, 2.75) is 4.90 Å². The summed E-state index contributed by atoms with van der Waals surface area (Å²) in [5.74, 6) is -5.52. The van der Waals surface area contributed by atoms with E-state index in [4.69, 9.17) is 10.2 Å². The van der Waals surface area contributed by atoms with Crippen LogP contribution in [0.25, 0.3) is 0 Å². The molecular formula is C14H10O9S. The number of aromatic carboxylic acids is 2. The summed E-state index contributed by atoms with van der Waals surface area (Å²) < 4.78 is 29.0. The van der Waals surface area contributed by atoms with Crippen LogP contribution in [0.4, 0.5) is 0 Å². The Morgan fingerprint density at radius 1 is 0.917 bits per heavy atom. The van der Waals surface area contributed by atoms with Gasteiger partial charge in [0, 0.05) is 6.07 Å². The SMILES string of the molecule is O=C(O)c1cccc(S(=O)(=O)Oc2cc(C(=O)O)cc(O)c2O)c1. The molecule has 0 aliphatic rings. The average molecular weight is 354 g/mol. The fourth-order valence-corrected chi connectivity index (χ4v) is 2.71. The molecule has 0 atom stereocenters. The zero-order valence-electron chi connectivity index (χ0n) is 11.7. The monoisotopic (exact) mass is 354 g/mol. The lowest BCUT2D eigenvalue weighted by Crippen LogP contribution is -2.11. The number of carbonyl (C=O) groups is 2. The van der Waals surface area contributed by atoms with Crippen molar-refractivity contribution in [2.24, 2.45) is 0 Å². The molecule has 0 aliphatic heterocycles. The van der Waals surface area contributed by atoms with E-state index in [-0.39, 0.29) is 5.56 Å². The molecule has 0 bridgehead atoms. The van der Waals surface area contributed by atoms with Gasteiger partial charge in [0.2, 0.25) is 5.75 Å². The summed E-state index contributed by atoms with van der Waals surface area (Å²) in [6.45, 7) is 0. The van der Waals surface area contributed by atoms with Crippen molar-refractivity contribution in [1.29, 1.82) is 0 Å². The summed E-state index contributed by atoms with van der Waals surface area (Å²) in [7, 11) is -4.58. The zero-order valence-corrected chi connectivity index (χ0v) is 12.5. The molecule has 126 valence electrons. The van der Waals surface area contributed by atoms with Gasteiger partial charge in [-0.05, 0) is 24.3 Å². The summed E-state index contributed by atoms with van der Waals surface area (Å²) in [5.41, 5.74) is -0.833. The lowest BCUT2D eigenvalue weighted by molar-refractivity contribution is 0.0685. The Kier molecular flexibility index (Phi) is 4.33. The normalized spacial score (nSPS) is 11.0. The zero-order chi connectivity index (χ0) is 18.1. The van der Waals surface area contributed by atoms with Crippen LogP contribution < -0.4 is 4.18 Å². The Morgan fingerprint density at radius 2 is 1.54 bits per heavy atom. The van der Waals surface area contributed by atoms with Crippen LogP contribution in [-0.2, 0) is 10.1 Å². The predicted molar refractivity (Wildman–Crippen MR) is 77.9 cm³/mol. The minimum atomic E-state index is -4.58. The van der Waals surface area contributed by atoms with Gasteiger partial charge in [-0.1, -0.05) is 6.07 Å². The third-order valence-corrected chi connectivity index (χ3v) is 4.10.